The number of benzene rings is 1. The number of nitrogen functional groups attached to an aromatic ring is 1. The molecule has 0 saturated carbocycles. The maximum absolute atomic E-state index is 6.07. The van der Waals surface area contributed by atoms with Crippen molar-refractivity contribution in [2.75, 3.05) is 19.5 Å². The number of nitrogens with two attached hydrogens (primary N) is 1. The fraction of sp³-hybridized carbons (Fsp3) is 0.450. The van der Waals surface area contributed by atoms with Crippen LogP contribution in [0.25, 0.3) is 11.0 Å². The number of methoxy groups -OCH3 is 1. The summed E-state index contributed by atoms with van der Waals surface area (Å²) in [5, 5.41) is 8.22. The van der Waals surface area contributed by atoms with Gasteiger partial charge >= 0.3 is 0 Å². The monoisotopic (exact) mass is 392 g/mol. The van der Waals surface area contributed by atoms with Crippen LogP contribution in [0.5, 0.6) is 11.6 Å². The van der Waals surface area contributed by atoms with Crippen molar-refractivity contribution in [3.8, 4) is 11.6 Å². The van der Waals surface area contributed by atoms with E-state index in [-0.39, 0.29) is 29.6 Å². The maximum atomic E-state index is 6.07. The van der Waals surface area contributed by atoms with E-state index in [0.29, 0.717) is 30.4 Å². The molecule has 28 heavy (non-hydrogen) atoms. The van der Waals surface area contributed by atoms with Crippen LogP contribution in [-0.2, 0) is 13.0 Å². The Hall–Kier alpha value is -1.83. The third-order valence-electron chi connectivity index (χ3n) is 4.44. The van der Waals surface area contributed by atoms with Crippen molar-refractivity contribution in [1.29, 1.82) is 0 Å². The first-order valence-electron chi connectivity index (χ1n) is 9.44. The number of unbranched alkanes of at least 4 members (excludes halogenated alkanes) is 1. The number of nitrogens with zero attached hydrogens (tertiary/aromatic N) is 4. The molecule has 0 saturated heterocycles. The van der Waals surface area contributed by atoms with E-state index in [9.17, 15) is 0 Å². The second kappa shape index (κ2) is 10.6. The van der Waals surface area contributed by atoms with Crippen molar-refractivity contribution >= 4 is 46.4 Å². The molecule has 8 heteroatoms. The van der Waals surface area contributed by atoms with Gasteiger partial charge in [-0.25, -0.2) is 4.98 Å². The van der Waals surface area contributed by atoms with Crippen LogP contribution in [0.15, 0.2) is 24.3 Å². The van der Waals surface area contributed by atoms with Gasteiger partial charge in [0.15, 0.2) is 5.82 Å². The zero-order valence-corrected chi connectivity index (χ0v) is 19.2. The van der Waals surface area contributed by atoms with Crippen molar-refractivity contribution in [3.63, 3.8) is 0 Å². The molecule has 0 spiro atoms. The van der Waals surface area contributed by atoms with Gasteiger partial charge in [0.05, 0.1) is 13.7 Å². The van der Waals surface area contributed by atoms with Crippen LogP contribution in [0.1, 0.15) is 44.5 Å². The Morgan fingerprint density at radius 3 is 2.46 bits per heavy atom. The van der Waals surface area contributed by atoms with E-state index in [4.69, 9.17) is 20.2 Å². The molecule has 0 fully saturated rings. The number of hydrogen-bond donors (Lipinski definition) is 1. The summed E-state index contributed by atoms with van der Waals surface area (Å²) < 4.78 is 13.3. The quantitative estimate of drug-likeness (QED) is 0.563. The van der Waals surface area contributed by atoms with Crippen LogP contribution in [0.2, 0.25) is 0 Å². The van der Waals surface area contributed by atoms with Gasteiger partial charge < -0.3 is 19.8 Å². The van der Waals surface area contributed by atoms with E-state index in [0.717, 1.165) is 48.3 Å². The van der Waals surface area contributed by atoms with Gasteiger partial charge in [0.25, 0.3) is 5.88 Å². The molecule has 0 unspecified atom stereocenters. The number of imidazole rings is 1. The van der Waals surface area contributed by atoms with Gasteiger partial charge in [-0.15, -0.1) is 10.2 Å². The smallest absolute Gasteiger partial charge is 0.260 e. The Labute approximate surface area is 187 Å². The van der Waals surface area contributed by atoms with Gasteiger partial charge in [0.2, 0.25) is 0 Å². The summed E-state index contributed by atoms with van der Waals surface area (Å²) in [6.45, 7) is 5.46. The molecule has 0 amide bonds. The Kier molecular flexibility index (Phi) is 8.54. The van der Waals surface area contributed by atoms with Crippen molar-refractivity contribution < 1.29 is 9.47 Å². The largest absolute Gasteiger partial charge is 0.497 e. The summed E-state index contributed by atoms with van der Waals surface area (Å²) in [5.41, 5.74) is 8.70. The summed E-state index contributed by atoms with van der Waals surface area (Å²) in [5.74, 6) is 2.64. The van der Waals surface area contributed by atoms with Gasteiger partial charge in [0, 0.05) is 42.5 Å². The average molecular weight is 392 g/mol. The third kappa shape index (κ3) is 4.96. The Morgan fingerprint density at radius 2 is 1.82 bits per heavy atom. The molecule has 3 rings (SSSR count). The molecule has 0 aliphatic rings. The molecule has 1 aromatic carbocycles. The van der Waals surface area contributed by atoms with Crippen LogP contribution < -0.4 is 15.2 Å². The number of hydrogen-bond acceptors (Lipinski definition) is 6. The van der Waals surface area contributed by atoms with E-state index in [1.54, 1.807) is 7.11 Å². The molecule has 2 heterocycles. The molecule has 145 valence electrons. The van der Waals surface area contributed by atoms with E-state index in [2.05, 4.69) is 40.7 Å². The minimum Gasteiger partial charge on any atom is -0.497 e. The summed E-state index contributed by atoms with van der Waals surface area (Å²) in [7, 11) is 1.67. The first-order valence-corrected chi connectivity index (χ1v) is 9.44. The van der Waals surface area contributed by atoms with Crippen molar-refractivity contribution in [2.24, 2.45) is 0 Å². The SMILES string of the molecule is CCCCc1nc2c(N)nnc(OCCC)c2n1Cc1ccc(OC)cc1.[Na]. The Morgan fingerprint density at radius 1 is 1.07 bits per heavy atom. The number of aromatic nitrogens is 4. The van der Waals surface area contributed by atoms with Crippen molar-refractivity contribution in [3.05, 3.63) is 35.7 Å². The molecule has 2 aromatic heterocycles. The molecular weight excluding hydrogens is 365 g/mol. The number of rotatable bonds is 9. The van der Waals surface area contributed by atoms with Crippen molar-refractivity contribution in [2.45, 2.75) is 46.1 Å². The Bertz CT molecular complexity index is 896. The second-order valence-corrected chi connectivity index (χ2v) is 6.50. The number of anilines is 1. The minimum absolute atomic E-state index is 0. The van der Waals surface area contributed by atoms with Crippen LogP contribution in [0, 0.1) is 0 Å². The summed E-state index contributed by atoms with van der Waals surface area (Å²) in [4.78, 5) is 4.78. The minimum atomic E-state index is 0. The van der Waals surface area contributed by atoms with Crippen LogP contribution in [0.4, 0.5) is 5.82 Å². The first kappa shape index (κ1) is 22.5. The van der Waals surface area contributed by atoms with Crippen molar-refractivity contribution in [1.82, 2.24) is 19.7 Å². The normalized spacial score (nSPS) is 10.7. The average Bonchev–Trinajstić information content (AvgIpc) is 3.06. The van der Waals surface area contributed by atoms with Crippen LogP contribution in [-0.4, -0.2) is 63.0 Å². The van der Waals surface area contributed by atoms with Crippen LogP contribution >= 0.6 is 0 Å². The molecule has 0 aliphatic carbocycles. The summed E-state index contributed by atoms with van der Waals surface area (Å²) >= 11 is 0. The Balaban J connectivity index is 0.00000280. The van der Waals surface area contributed by atoms with Gasteiger partial charge in [0.1, 0.15) is 22.6 Å². The zero-order chi connectivity index (χ0) is 19.2. The number of ether oxygens (including phenoxy) is 2. The zero-order valence-electron chi connectivity index (χ0n) is 17.2. The van der Waals surface area contributed by atoms with Crippen LogP contribution in [0.3, 0.4) is 0 Å². The summed E-state index contributed by atoms with van der Waals surface area (Å²) in [6.07, 6.45) is 3.91. The van der Waals surface area contributed by atoms with Gasteiger partial charge in [-0.3, -0.25) is 0 Å². The first-order chi connectivity index (χ1) is 13.2. The molecule has 0 atom stereocenters. The third-order valence-corrected chi connectivity index (χ3v) is 4.44. The fourth-order valence-electron chi connectivity index (χ4n) is 2.99. The van der Waals surface area contributed by atoms with Gasteiger partial charge in [-0.05, 0) is 30.5 Å². The van der Waals surface area contributed by atoms with E-state index in [1.807, 2.05) is 12.1 Å². The van der Waals surface area contributed by atoms with Gasteiger partial charge in [-0.2, -0.15) is 0 Å². The molecule has 2 N–H and O–H groups in total. The van der Waals surface area contributed by atoms with E-state index in [1.165, 1.54) is 0 Å². The molecule has 1 radical (unpaired) electrons. The molecule has 7 nitrogen and oxygen atoms in total. The van der Waals surface area contributed by atoms with E-state index < -0.39 is 0 Å². The predicted molar refractivity (Wildman–Crippen MR) is 112 cm³/mol. The number of fused-ring (bicyclic) bond motifs is 1. The molecular formula is C20H27N5NaO2. The maximum Gasteiger partial charge on any atom is 0.260 e. The van der Waals surface area contributed by atoms with Gasteiger partial charge in [-0.1, -0.05) is 32.4 Å². The fourth-order valence-corrected chi connectivity index (χ4v) is 2.99. The molecule has 0 aliphatic heterocycles. The predicted octanol–water partition coefficient (Wildman–Crippen LogP) is 3.22. The summed E-state index contributed by atoms with van der Waals surface area (Å²) in [6, 6.07) is 8.03. The number of aryl methyl sites for hydroxylation is 1. The van der Waals surface area contributed by atoms with E-state index >= 15 is 0 Å². The molecule has 0 bridgehead atoms. The standard InChI is InChI=1S/C20H27N5O2.Na/c1-4-6-7-16-22-17-18(20(27-12-5-2)24-23-19(17)21)25(16)13-14-8-10-15(26-3)11-9-14;/h8-11H,4-7,12-13H2,1-3H3,(H2,21,23);. The topological polar surface area (TPSA) is 88.1 Å². The second-order valence-electron chi connectivity index (χ2n) is 6.50. The molecule has 3 aromatic rings.